The molecule has 0 saturated heterocycles. The number of benzene rings is 1. The van der Waals surface area contributed by atoms with Crippen LogP contribution in [-0.4, -0.2) is 21.3 Å². The summed E-state index contributed by atoms with van der Waals surface area (Å²) >= 11 is 0. The molecular weight excluding hydrogens is 252 g/mol. The topological polar surface area (TPSA) is 46.8 Å². The lowest BCUT2D eigenvalue weighted by Crippen LogP contribution is -2.00. The predicted molar refractivity (Wildman–Crippen MR) is 76.9 cm³/mol. The molecule has 4 nitrogen and oxygen atoms in total. The molecule has 0 aliphatic heterocycles. The maximum absolute atomic E-state index is 10.6. The molecule has 3 rings (SSSR count). The van der Waals surface area contributed by atoms with E-state index in [2.05, 4.69) is 5.10 Å². The monoisotopic (exact) mass is 268 g/mol. The van der Waals surface area contributed by atoms with E-state index in [1.807, 2.05) is 55.6 Å². The summed E-state index contributed by atoms with van der Waals surface area (Å²) in [6.45, 7) is 2.55. The van der Waals surface area contributed by atoms with E-state index < -0.39 is 6.10 Å². The minimum atomic E-state index is -0.713. The lowest BCUT2D eigenvalue weighted by molar-refractivity contribution is 0.221. The number of pyridine rings is 1. The Hall–Kier alpha value is -2.33. The molecule has 0 bridgehead atoms. The molecule has 2 aromatic heterocycles. The van der Waals surface area contributed by atoms with Crippen LogP contribution in [0.15, 0.2) is 54.9 Å². The summed E-state index contributed by atoms with van der Waals surface area (Å²) in [5, 5.41) is 14.8. The Morgan fingerprint density at radius 2 is 2.15 bits per heavy atom. The first-order valence-electron chi connectivity index (χ1n) is 6.62. The molecule has 1 unspecified atom stereocenters. The molecule has 0 fully saturated rings. The Bertz CT molecular complexity index is 721. The van der Waals surface area contributed by atoms with Gasteiger partial charge in [0.15, 0.2) is 0 Å². The van der Waals surface area contributed by atoms with Crippen molar-refractivity contribution >= 4 is 5.52 Å². The Morgan fingerprint density at radius 1 is 1.25 bits per heavy atom. The molecular formula is C16H16N2O2. The van der Waals surface area contributed by atoms with Crippen molar-refractivity contribution in [1.82, 2.24) is 9.61 Å². The minimum Gasteiger partial charge on any atom is -0.494 e. The van der Waals surface area contributed by atoms with Crippen molar-refractivity contribution in [3.05, 3.63) is 66.0 Å². The Labute approximate surface area is 117 Å². The van der Waals surface area contributed by atoms with E-state index in [1.165, 1.54) is 0 Å². The highest BCUT2D eigenvalue weighted by atomic mass is 16.5. The van der Waals surface area contributed by atoms with Crippen molar-refractivity contribution < 1.29 is 9.84 Å². The molecule has 0 spiro atoms. The molecule has 1 aromatic carbocycles. The van der Waals surface area contributed by atoms with Crippen molar-refractivity contribution in [2.24, 2.45) is 0 Å². The largest absolute Gasteiger partial charge is 0.494 e. The van der Waals surface area contributed by atoms with Gasteiger partial charge in [-0.3, -0.25) is 0 Å². The SMILES string of the molecule is CCOc1cccc(C(O)c2cnn3ccccc23)c1. The van der Waals surface area contributed by atoms with Crippen LogP contribution in [-0.2, 0) is 0 Å². The number of nitrogens with zero attached hydrogens (tertiary/aromatic N) is 2. The quantitative estimate of drug-likeness (QED) is 0.791. The minimum absolute atomic E-state index is 0.607. The molecule has 0 aliphatic carbocycles. The fourth-order valence-electron chi connectivity index (χ4n) is 2.29. The van der Waals surface area contributed by atoms with Gasteiger partial charge in [0.25, 0.3) is 0 Å². The van der Waals surface area contributed by atoms with E-state index >= 15 is 0 Å². The highest BCUT2D eigenvalue weighted by Crippen LogP contribution is 2.27. The molecule has 20 heavy (non-hydrogen) atoms. The van der Waals surface area contributed by atoms with Crippen LogP contribution in [0.25, 0.3) is 5.52 Å². The van der Waals surface area contributed by atoms with Gasteiger partial charge < -0.3 is 9.84 Å². The summed E-state index contributed by atoms with van der Waals surface area (Å²) in [7, 11) is 0. The summed E-state index contributed by atoms with van der Waals surface area (Å²) in [5.74, 6) is 0.764. The number of rotatable bonds is 4. The lowest BCUT2D eigenvalue weighted by Gasteiger charge is -2.11. The van der Waals surface area contributed by atoms with Crippen molar-refractivity contribution in [3.8, 4) is 5.75 Å². The van der Waals surface area contributed by atoms with E-state index in [0.717, 1.165) is 22.4 Å². The fraction of sp³-hybridized carbons (Fsp3) is 0.188. The molecule has 0 amide bonds. The van der Waals surface area contributed by atoms with Gasteiger partial charge in [0, 0.05) is 11.8 Å². The smallest absolute Gasteiger partial charge is 0.119 e. The normalized spacial score (nSPS) is 12.5. The number of aliphatic hydroxyl groups is 1. The standard InChI is InChI=1S/C16H16N2O2/c1-2-20-13-7-5-6-12(10-13)16(19)14-11-17-18-9-4-3-8-15(14)18/h3-11,16,19H,2H2,1H3. The Balaban J connectivity index is 1.99. The lowest BCUT2D eigenvalue weighted by atomic mass is 10.0. The number of aromatic nitrogens is 2. The molecule has 0 saturated carbocycles. The summed E-state index contributed by atoms with van der Waals surface area (Å²) in [4.78, 5) is 0. The summed E-state index contributed by atoms with van der Waals surface area (Å²) < 4.78 is 7.22. The third-order valence-corrected chi connectivity index (χ3v) is 3.24. The first-order valence-corrected chi connectivity index (χ1v) is 6.62. The van der Waals surface area contributed by atoms with Gasteiger partial charge in [-0.05, 0) is 36.8 Å². The number of fused-ring (bicyclic) bond motifs is 1. The van der Waals surface area contributed by atoms with Crippen molar-refractivity contribution in [1.29, 1.82) is 0 Å². The van der Waals surface area contributed by atoms with Gasteiger partial charge in [0.05, 0.1) is 18.3 Å². The second-order valence-electron chi connectivity index (χ2n) is 4.54. The first-order chi connectivity index (χ1) is 9.79. The molecule has 2 heterocycles. The molecule has 1 atom stereocenters. The number of aliphatic hydroxyl groups excluding tert-OH is 1. The van der Waals surface area contributed by atoms with Crippen molar-refractivity contribution in [2.45, 2.75) is 13.0 Å². The van der Waals surface area contributed by atoms with Gasteiger partial charge >= 0.3 is 0 Å². The van der Waals surface area contributed by atoms with Gasteiger partial charge in [0.1, 0.15) is 11.9 Å². The molecule has 4 heteroatoms. The van der Waals surface area contributed by atoms with Gasteiger partial charge in [-0.2, -0.15) is 5.10 Å². The number of hydrogen-bond donors (Lipinski definition) is 1. The molecule has 3 aromatic rings. The fourth-order valence-corrected chi connectivity index (χ4v) is 2.29. The maximum atomic E-state index is 10.6. The van der Waals surface area contributed by atoms with Gasteiger partial charge in [-0.1, -0.05) is 18.2 Å². The summed E-state index contributed by atoms with van der Waals surface area (Å²) in [6, 6.07) is 13.3. The van der Waals surface area contributed by atoms with Crippen molar-refractivity contribution in [3.63, 3.8) is 0 Å². The highest BCUT2D eigenvalue weighted by molar-refractivity contribution is 5.56. The van der Waals surface area contributed by atoms with E-state index in [9.17, 15) is 5.11 Å². The van der Waals surface area contributed by atoms with Crippen molar-refractivity contribution in [2.75, 3.05) is 6.61 Å². The predicted octanol–water partition coefficient (Wildman–Crippen LogP) is 2.81. The Kier molecular flexibility index (Phi) is 3.39. The third-order valence-electron chi connectivity index (χ3n) is 3.24. The van der Waals surface area contributed by atoms with E-state index in [0.29, 0.717) is 6.61 Å². The first kappa shape index (κ1) is 12.7. The average Bonchev–Trinajstić information content (AvgIpc) is 2.91. The summed E-state index contributed by atoms with van der Waals surface area (Å²) in [6.07, 6.45) is 2.85. The van der Waals surface area contributed by atoms with Gasteiger partial charge in [0.2, 0.25) is 0 Å². The van der Waals surface area contributed by atoms with E-state index in [1.54, 1.807) is 10.7 Å². The Morgan fingerprint density at radius 3 is 3.00 bits per heavy atom. The van der Waals surface area contributed by atoms with Crippen LogP contribution in [0.1, 0.15) is 24.2 Å². The van der Waals surface area contributed by atoms with Gasteiger partial charge in [-0.25, -0.2) is 4.52 Å². The van der Waals surface area contributed by atoms with Crippen LogP contribution in [0, 0.1) is 0 Å². The van der Waals surface area contributed by atoms with Crippen LogP contribution in [0.3, 0.4) is 0 Å². The molecule has 0 radical (unpaired) electrons. The van der Waals surface area contributed by atoms with Crippen LogP contribution < -0.4 is 4.74 Å². The highest BCUT2D eigenvalue weighted by Gasteiger charge is 2.15. The van der Waals surface area contributed by atoms with Crippen LogP contribution >= 0.6 is 0 Å². The zero-order valence-electron chi connectivity index (χ0n) is 11.2. The average molecular weight is 268 g/mol. The molecule has 102 valence electrons. The zero-order valence-corrected chi connectivity index (χ0v) is 11.2. The second-order valence-corrected chi connectivity index (χ2v) is 4.54. The zero-order chi connectivity index (χ0) is 13.9. The van der Waals surface area contributed by atoms with E-state index in [-0.39, 0.29) is 0 Å². The van der Waals surface area contributed by atoms with Crippen LogP contribution in [0.2, 0.25) is 0 Å². The molecule has 1 N–H and O–H groups in total. The third kappa shape index (κ3) is 2.26. The summed E-state index contributed by atoms with van der Waals surface area (Å²) in [5.41, 5.74) is 2.50. The number of ether oxygens (including phenoxy) is 1. The molecule has 0 aliphatic rings. The van der Waals surface area contributed by atoms with Gasteiger partial charge in [-0.15, -0.1) is 0 Å². The van der Waals surface area contributed by atoms with Crippen LogP contribution in [0.4, 0.5) is 0 Å². The maximum Gasteiger partial charge on any atom is 0.119 e. The van der Waals surface area contributed by atoms with E-state index in [4.69, 9.17) is 4.74 Å². The van der Waals surface area contributed by atoms with Crippen LogP contribution in [0.5, 0.6) is 5.75 Å². The number of hydrogen-bond acceptors (Lipinski definition) is 3. The second kappa shape index (κ2) is 5.35.